The molecule has 0 heterocycles. The van der Waals surface area contributed by atoms with Crippen LogP contribution in [0, 0.1) is 0 Å². The third-order valence-electron chi connectivity index (χ3n) is 11.7. The van der Waals surface area contributed by atoms with E-state index < -0.39 is 0 Å². The Kier molecular flexibility index (Phi) is 8.23. The molecule has 10 rings (SSSR count). The predicted octanol–water partition coefficient (Wildman–Crippen LogP) is 15.3. The van der Waals surface area contributed by atoms with Crippen molar-refractivity contribution in [2.45, 2.75) is 19.3 Å². The van der Waals surface area contributed by atoms with Crippen molar-refractivity contribution in [1.29, 1.82) is 0 Å². The van der Waals surface area contributed by atoms with Crippen molar-refractivity contribution in [3.05, 3.63) is 223 Å². The maximum absolute atomic E-state index is 2.44. The summed E-state index contributed by atoms with van der Waals surface area (Å²) in [7, 11) is 0. The summed E-state index contributed by atoms with van der Waals surface area (Å²) in [6, 6.07) is 77.3. The Labute approximate surface area is 329 Å². The van der Waals surface area contributed by atoms with Crippen molar-refractivity contribution in [2.75, 3.05) is 4.90 Å². The third kappa shape index (κ3) is 5.81. The summed E-state index contributed by atoms with van der Waals surface area (Å²) in [6.07, 6.45) is 0. The Balaban J connectivity index is 1.04. The van der Waals surface area contributed by atoms with E-state index in [0.717, 1.165) is 17.1 Å². The maximum Gasteiger partial charge on any atom is 0.0462 e. The molecule has 0 aromatic heterocycles. The van der Waals surface area contributed by atoms with Gasteiger partial charge in [-0.15, -0.1) is 0 Å². The van der Waals surface area contributed by atoms with Crippen LogP contribution in [-0.4, -0.2) is 0 Å². The summed E-state index contributed by atoms with van der Waals surface area (Å²) in [4.78, 5) is 2.35. The largest absolute Gasteiger partial charge is 0.311 e. The molecule has 0 unspecified atom stereocenters. The van der Waals surface area contributed by atoms with E-state index in [-0.39, 0.29) is 5.41 Å². The van der Waals surface area contributed by atoms with E-state index >= 15 is 0 Å². The normalized spacial score (nSPS) is 12.6. The first-order valence-corrected chi connectivity index (χ1v) is 19.5. The summed E-state index contributed by atoms with van der Waals surface area (Å²) >= 11 is 0. The monoisotopic (exact) mass is 715 g/mol. The van der Waals surface area contributed by atoms with E-state index in [1.807, 2.05) is 0 Å². The highest BCUT2D eigenvalue weighted by atomic mass is 15.1. The molecule has 9 aromatic carbocycles. The van der Waals surface area contributed by atoms with Gasteiger partial charge >= 0.3 is 0 Å². The van der Waals surface area contributed by atoms with Gasteiger partial charge in [0.05, 0.1) is 0 Å². The molecule has 0 saturated heterocycles. The van der Waals surface area contributed by atoms with Crippen LogP contribution in [0.3, 0.4) is 0 Å². The van der Waals surface area contributed by atoms with Crippen molar-refractivity contribution in [1.82, 2.24) is 0 Å². The summed E-state index contributed by atoms with van der Waals surface area (Å²) in [5.41, 5.74) is 18.5. The molecule has 266 valence electrons. The molecule has 1 aliphatic rings. The molecular weight excluding hydrogens is 675 g/mol. The molecule has 1 heteroatoms. The van der Waals surface area contributed by atoms with Gasteiger partial charge in [-0.2, -0.15) is 0 Å². The smallest absolute Gasteiger partial charge is 0.0462 e. The fourth-order valence-electron chi connectivity index (χ4n) is 8.86. The van der Waals surface area contributed by atoms with Crippen LogP contribution in [0.25, 0.3) is 66.4 Å². The standard InChI is InChI=1S/C55H41N/c1-55(2)53-35-28-44(36-51(53)52-37-50(43-18-10-5-11-19-43)48-20-12-13-21-49(48)54(52)55)42-26-33-47(34-27-42)56(45-29-22-40(23-30-45)38-14-6-3-7-15-38)46-31-24-41(25-32-46)39-16-8-4-9-17-39/h3-37H,1-2H3. The molecule has 1 nitrogen and oxygen atoms in total. The number of fused-ring (bicyclic) bond motifs is 5. The Hall–Kier alpha value is -6.96. The van der Waals surface area contributed by atoms with E-state index in [1.165, 1.54) is 77.5 Å². The third-order valence-corrected chi connectivity index (χ3v) is 11.7. The van der Waals surface area contributed by atoms with Crippen LogP contribution in [0.15, 0.2) is 212 Å². The minimum atomic E-state index is -0.117. The van der Waals surface area contributed by atoms with Crippen LogP contribution < -0.4 is 4.90 Å². The van der Waals surface area contributed by atoms with Gasteiger partial charge in [-0.3, -0.25) is 0 Å². The van der Waals surface area contributed by atoms with Crippen LogP contribution in [0.1, 0.15) is 25.0 Å². The van der Waals surface area contributed by atoms with Gasteiger partial charge in [0.25, 0.3) is 0 Å². The zero-order valence-electron chi connectivity index (χ0n) is 31.7. The second-order valence-electron chi connectivity index (χ2n) is 15.4. The second-order valence-corrected chi connectivity index (χ2v) is 15.4. The van der Waals surface area contributed by atoms with Gasteiger partial charge in [-0.25, -0.2) is 0 Å². The van der Waals surface area contributed by atoms with Crippen LogP contribution >= 0.6 is 0 Å². The van der Waals surface area contributed by atoms with Gasteiger partial charge in [-0.05, 0) is 126 Å². The fraction of sp³-hybridized carbons (Fsp3) is 0.0545. The van der Waals surface area contributed by atoms with Gasteiger partial charge in [0.1, 0.15) is 0 Å². The van der Waals surface area contributed by atoms with Crippen LogP contribution in [0.2, 0.25) is 0 Å². The van der Waals surface area contributed by atoms with Crippen molar-refractivity contribution in [3.8, 4) is 55.6 Å². The lowest BCUT2D eigenvalue weighted by molar-refractivity contribution is 0.666. The topological polar surface area (TPSA) is 3.24 Å². The predicted molar refractivity (Wildman–Crippen MR) is 238 cm³/mol. The Morgan fingerprint density at radius 2 is 0.696 bits per heavy atom. The van der Waals surface area contributed by atoms with E-state index in [0.29, 0.717) is 0 Å². The van der Waals surface area contributed by atoms with Gasteiger partial charge < -0.3 is 4.90 Å². The second kappa shape index (κ2) is 13.7. The molecule has 0 amide bonds. The van der Waals surface area contributed by atoms with Gasteiger partial charge in [0.2, 0.25) is 0 Å². The lowest BCUT2D eigenvalue weighted by atomic mass is 9.79. The molecule has 0 radical (unpaired) electrons. The average molecular weight is 716 g/mol. The van der Waals surface area contributed by atoms with Crippen molar-refractivity contribution in [2.24, 2.45) is 0 Å². The zero-order valence-corrected chi connectivity index (χ0v) is 31.7. The number of anilines is 3. The molecule has 0 spiro atoms. The SMILES string of the molecule is CC1(C)c2ccc(-c3ccc(N(c4ccc(-c5ccccc5)cc4)c4ccc(-c5ccccc5)cc4)cc3)cc2-c2cc(-c3ccccc3)c3ccccc3c21. The molecule has 0 saturated carbocycles. The first kappa shape index (κ1) is 33.6. The van der Waals surface area contributed by atoms with Gasteiger partial charge in [0, 0.05) is 22.5 Å². The highest BCUT2D eigenvalue weighted by Gasteiger charge is 2.37. The summed E-state index contributed by atoms with van der Waals surface area (Å²) < 4.78 is 0. The molecule has 0 aliphatic heterocycles. The molecule has 0 N–H and O–H groups in total. The molecule has 56 heavy (non-hydrogen) atoms. The number of rotatable bonds is 7. The fourth-order valence-corrected chi connectivity index (χ4v) is 8.86. The summed E-state index contributed by atoms with van der Waals surface area (Å²) in [5, 5.41) is 2.65. The molecule has 0 atom stereocenters. The average Bonchev–Trinajstić information content (AvgIpc) is 3.50. The Bertz CT molecular complexity index is 2740. The van der Waals surface area contributed by atoms with Crippen LogP contribution in [-0.2, 0) is 5.41 Å². The summed E-state index contributed by atoms with van der Waals surface area (Å²) in [5.74, 6) is 0. The molecular formula is C55H41N. The zero-order chi connectivity index (χ0) is 37.6. The van der Waals surface area contributed by atoms with Gasteiger partial charge in [-0.1, -0.05) is 178 Å². The Morgan fingerprint density at radius 1 is 0.304 bits per heavy atom. The first-order chi connectivity index (χ1) is 27.5. The molecule has 0 fully saturated rings. The van der Waals surface area contributed by atoms with Gasteiger partial charge in [0.15, 0.2) is 0 Å². The number of hydrogen-bond acceptors (Lipinski definition) is 1. The minimum absolute atomic E-state index is 0.117. The van der Waals surface area contributed by atoms with Crippen LogP contribution in [0.4, 0.5) is 17.1 Å². The van der Waals surface area contributed by atoms with E-state index in [9.17, 15) is 0 Å². The lowest BCUT2D eigenvalue weighted by Gasteiger charge is -2.26. The van der Waals surface area contributed by atoms with E-state index in [2.05, 4.69) is 231 Å². The van der Waals surface area contributed by atoms with Crippen molar-refractivity contribution < 1.29 is 0 Å². The minimum Gasteiger partial charge on any atom is -0.311 e. The van der Waals surface area contributed by atoms with E-state index in [1.54, 1.807) is 0 Å². The number of hydrogen-bond donors (Lipinski definition) is 0. The van der Waals surface area contributed by atoms with E-state index in [4.69, 9.17) is 0 Å². The molecule has 1 aliphatic carbocycles. The lowest BCUT2D eigenvalue weighted by Crippen LogP contribution is -2.15. The first-order valence-electron chi connectivity index (χ1n) is 19.5. The Morgan fingerprint density at radius 3 is 1.20 bits per heavy atom. The van der Waals surface area contributed by atoms with Crippen molar-refractivity contribution in [3.63, 3.8) is 0 Å². The van der Waals surface area contributed by atoms with Crippen molar-refractivity contribution >= 4 is 27.8 Å². The van der Waals surface area contributed by atoms with Crippen LogP contribution in [0.5, 0.6) is 0 Å². The number of nitrogens with zero attached hydrogens (tertiary/aromatic N) is 1. The highest BCUT2D eigenvalue weighted by Crippen LogP contribution is 2.54. The molecule has 9 aromatic rings. The maximum atomic E-state index is 2.44. The number of benzene rings is 9. The highest BCUT2D eigenvalue weighted by molar-refractivity contribution is 6.06. The molecule has 0 bridgehead atoms. The summed E-state index contributed by atoms with van der Waals surface area (Å²) in [6.45, 7) is 4.77. The quantitative estimate of drug-likeness (QED) is 0.159.